The third-order valence-electron chi connectivity index (χ3n) is 6.21. The normalized spacial score (nSPS) is 42.8. The molecule has 0 bridgehead atoms. The van der Waals surface area contributed by atoms with Crippen LogP contribution in [-0.2, 0) is 24.4 Å². The number of hydrogen-bond donors (Lipinski definition) is 1. The van der Waals surface area contributed by atoms with E-state index in [0.717, 1.165) is 10.7 Å². The van der Waals surface area contributed by atoms with E-state index in [1.54, 1.807) is 0 Å². The SMILES string of the molecule is CC1(C)O[C@H]2O[C@@H]3[C@@H]4Nc5ccc(Cl)cc5C(C)(C)[C@H]4CO[C@@H]3[C@H]2O1. The zero-order chi connectivity index (χ0) is 17.6. The average Bonchev–Trinajstić information content (AvgIpc) is 3.00. The second-order valence-electron chi connectivity index (χ2n) is 8.56. The van der Waals surface area contributed by atoms with E-state index in [9.17, 15) is 0 Å². The number of halogens is 1. The smallest absolute Gasteiger partial charge is 0.190 e. The largest absolute Gasteiger partial charge is 0.379 e. The van der Waals surface area contributed by atoms with Gasteiger partial charge in [-0.2, -0.15) is 0 Å². The molecule has 0 aromatic heterocycles. The second kappa shape index (κ2) is 5.11. The highest BCUT2D eigenvalue weighted by atomic mass is 35.5. The Morgan fingerprint density at radius 3 is 2.68 bits per heavy atom. The van der Waals surface area contributed by atoms with Gasteiger partial charge in [-0.05, 0) is 43.0 Å². The summed E-state index contributed by atoms with van der Waals surface area (Å²) >= 11 is 6.24. The van der Waals surface area contributed by atoms with Crippen LogP contribution in [0.2, 0.25) is 5.02 Å². The van der Waals surface area contributed by atoms with Crippen molar-refractivity contribution in [3.63, 3.8) is 0 Å². The Morgan fingerprint density at radius 1 is 1.08 bits per heavy atom. The van der Waals surface area contributed by atoms with Crippen LogP contribution in [0.4, 0.5) is 5.69 Å². The van der Waals surface area contributed by atoms with Gasteiger partial charge in [-0.25, -0.2) is 0 Å². The number of hydrogen-bond acceptors (Lipinski definition) is 5. The Bertz CT molecular complexity index is 721. The van der Waals surface area contributed by atoms with Crippen molar-refractivity contribution < 1.29 is 18.9 Å². The second-order valence-corrected chi connectivity index (χ2v) is 8.99. The number of fused-ring (bicyclic) bond motifs is 6. The zero-order valence-electron chi connectivity index (χ0n) is 14.9. The fourth-order valence-corrected chi connectivity index (χ4v) is 5.10. The lowest BCUT2D eigenvalue weighted by molar-refractivity contribution is -0.232. The molecule has 25 heavy (non-hydrogen) atoms. The summed E-state index contributed by atoms with van der Waals surface area (Å²) in [7, 11) is 0. The molecule has 3 saturated heterocycles. The van der Waals surface area contributed by atoms with Crippen LogP contribution in [0.5, 0.6) is 0 Å². The van der Waals surface area contributed by atoms with Crippen LogP contribution in [0.25, 0.3) is 0 Å². The van der Waals surface area contributed by atoms with Crippen molar-refractivity contribution in [2.24, 2.45) is 5.92 Å². The number of nitrogens with one attached hydrogen (secondary N) is 1. The summed E-state index contributed by atoms with van der Waals surface area (Å²) in [5, 5.41) is 4.45. The third-order valence-corrected chi connectivity index (χ3v) is 6.44. The van der Waals surface area contributed by atoms with Crippen molar-refractivity contribution in [3.05, 3.63) is 28.8 Å². The predicted octanol–water partition coefficient (Wildman–Crippen LogP) is 3.30. The van der Waals surface area contributed by atoms with Crippen molar-refractivity contribution in [3.8, 4) is 0 Å². The Balaban J connectivity index is 1.49. The average molecular weight is 366 g/mol. The molecule has 5 nitrogen and oxygen atoms in total. The lowest BCUT2D eigenvalue weighted by Gasteiger charge is -2.51. The first-order chi connectivity index (χ1) is 11.8. The quantitative estimate of drug-likeness (QED) is 0.764. The van der Waals surface area contributed by atoms with Gasteiger partial charge in [-0.3, -0.25) is 0 Å². The Morgan fingerprint density at radius 2 is 1.88 bits per heavy atom. The van der Waals surface area contributed by atoms with Gasteiger partial charge in [0.25, 0.3) is 0 Å². The molecule has 0 saturated carbocycles. The summed E-state index contributed by atoms with van der Waals surface area (Å²) in [5.74, 6) is -0.338. The summed E-state index contributed by atoms with van der Waals surface area (Å²) in [6, 6.07) is 6.21. The van der Waals surface area contributed by atoms with E-state index in [-0.39, 0.29) is 42.0 Å². The fourth-order valence-electron chi connectivity index (χ4n) is 4.93. The third kappa shape index (κ3) is 2.30. The van der Waals surface area contributed by atoms with Crippen LogP contribution < -0.4 is 5.32 Å². The van der Waals surface area contributed by atoms with Gasteiger partial charge in [-0.1, -0.05) is 25.4 Å². The molecule has 1 N–H and O–H groups in total. The van der Waals surface area contributed by atoms with Gasteiger partial charge in [0, 0.05) is 16.6 Å². The van der Waals surface area contributed by atoms with Crippen LogP contribution in [0.3, 0.4) is 0 Å². The van der Waals surface area contributed by atoms with Crippen molar-refractivity contribution in [1.82, 2.24) is 0 Å². The first kappa shape index (κ1) is 16.3. The molecule has 6 atom stereocenters. The topological polar surface area (TPSA) is 49.0 Å². The summed E-state index contributed by atoms with van der Waals surface area (Å²) < 4.78 is 24.5. The maximum Gasteiger partial charge on any atom is 0.190 e. The maximum absolute atomic E-state index is 6.27. The monoisotopic (exact) mass is 365 g/mol. The molecule has 3 fully saturated rings. The highest BCUT2D eigenvalue weighted by molar-refractivity contribution is 6.30. The molecule has 1 aromatic rings. The Kier molecular flexibility index (Phi) is 3.34. The lowest BCUT2D eigenvalue weighted by atomic mass is 9.65. The van der Waals surface area contributed by atoms with Gasteiger partial charge in [0.15, 0.2) is 12.1 Å². The van der Waals surface area contributed by atoms with E-state index < -0.39 is 5.79 Å². The number of benzene rings is 1. The molecule has 0 aliphatic carbocycles. The molecule has 136 valence electrons. The van der Waals surface area contributed by atoms with Gasteiger partial charge in [0.1, 0.15) is 18.3 Å². The summed E-state index contributed by atoms with van der Waals surface area (Å²) in [6.07, 6.45) is -0.726. The first-order valence-electron chi connectivity index (χ1n) is 8.95. The van der Waals surface area contributed by atoms with Crippen LogP contribution in [0.15, 0.2) is 18.2 Å². The Hall–Kier alpha value is -0.850. The van der Waals surface area contributed by atoms with Crippen molar-refractivity contribution in [1.29, 1.82) is 0 Å². The number of ether oxygens (including phenoxy) is 4. The van der Waals surface area contributed by atoms with Crippen LogP contribution in [0.1, 0.15) is 33.3 Å². The molecule has 0 unspecified atom stereocenters. The molecule has 0 radical (unpaired) electrons. The van der Waals surface area contributed by atoms with E-state index in [0.29, 0.717) is 6.61 Å². The summed E-state index contributed by atoms with van der Waals surface area (Å²) in [4.78, 5) is 0. The minimum atomic E-state index is -0.622. The zero-order valence-corrected chi connectivity index (χ0v) is 15.7. The van der Waals surface area contributed by atoms with E-state index in [1.165, 1.54) is 5.56 Å². The maximum atomic E-state index is 6.27. The molecular weight excluding hydrogens is 342 g/mol. The van der Waals surface area contributed by atoms with Crippen LogP contribution >= 0.6 is 11.6 Å². The number of anilines is 1. The molecule has 6 heteroatoms. The van der Waals surface area contributed by atoms with E-state index in [4.69, 9.17) is 30.5 Å². The molecule has 4 aliphatic heterocycles. The standard InChI is InChI=1S/C19H24ClNO4/c1-18(2)10-7-9(20)5-6-12(10)21-13-11(18)8-22-15-14(13)23-17-16(15)24-19(3,4)25-17/h5-7,11,13-17,21H,8H2,1-4H3/t11-,13+,14+,15-,16+,17+/m0/s1. The predicted molar refractivity (Wildman–Crippen MR) is 93.8 cm³/mol. The van der Waals surface area contributed by atoms with Gasteiger partial charge in [0.05, 0.1) is 12.6 Å². The van der Waals surface area contributed by atoms with Gasteiger partial charge in [-0.15, -0.1) is 0 Å². The summed E-state index contributed by atoms with van der Waals surface area (Å²) in [6.45, 7) is 9.01. The van der Waals surface area contributed by atoms with E-state index >= 15 is 0 Å². The molecule has 0 amide bonds. The minimum Gasteiger partial charge on any atom is -0.379 e. The molecule has 0 spiro atoms. The van der Waals surface area contributed by atoms with E-state index in [1.807, 2.05) is 19.9 Å². The highest BCUT2D eigenvalue weighted by Crippen LogP contribution is 2.51. The first-order valence-corrected chi connectivity index (χ1v) is 9.33. The highest BCUT2D eigenvalue weighted by Gasteiger charge is 2.62. The van der Waals surface area contributed by atoms with Crippen LogP contribution in [0, 0.1) is 5.92 Å². The number of rotatable bonds is 0. The van der Waals surface area contributed by atoms with Crippen molar-refractivity contribution in [2.75, 3.05) is 11.9 Å². The van der Waals surface area contributed by atoms with Gasteiger partial charge < -0.3 is 24.3 Å². The van der Waals surface area contributed by atoms with Crippen molar-refractivity contribution >= 4 is 17.3 Å². The molecule has 1 aromatic carbocycles. The summed E-state index contributed by atoms with van der Waals surface area (Å²) in [5.41, 5.74) is 2.29. The van der Waals surface area contributed by atoms with Gasteiger partial charge >= 0.3 is 0 Å². The van der Waals surface area contributed by atoms with Crippen molar-refractivity contribution in [2.45, 2.75) is 69.5 Å². The van der Waals surface area contributed by atoms with E-state index in [2.05, 4.69) is 31.3 Å². The van der Waals surface area contributed by atoms with Gasteiger partial charge in [0.2, 0.25) is 0 Å². The molecule has 5 rings (SSSR count). The minimum absolute atomic E-state index is 0.0663. The molecule has 4 heterocycles. The molecular formula is C19H24ClNO4. The molecule has 4 aliphatic rings. The Labute approximate surface area is 152 Å². The lowest BCUT2D eigenvalue weighted by Crippen LogP contribution is -2.61. The fraction of sp³-hybridized carbons (Fsp3) is 0.684. The van der Waals surface area contributed by atoms with Crippen LogP contribution in [-0.4, -0.2) is 43.0 Å².